The van der Waals surface area contributed by atoms with Crippen LogP contribution >= 0.6 is 23.2 Å². The van der Waals surface area contributed by atoms with Gasteiger partial charge in [0.2, 0.25) is 5.91 Å². The number of aliphatic hydroxyl groups excluding tert-OH is 1. The van der Waals surface area contributed by atoms with E-state index in [-0.39, 0.29) is 24.8 Å². The summed E-state index contributed by atoms with van der Waals surface area (Å²) in [7, 11) is 1.49. The Morgan fingerprint density at radius 1 is 1.23 bits per heavy atom. The summed E-state index contributed by atoms with van der Waals surface area (Å²) in [6.07, 6.45) is -4.69. The Kier molecular flexibility index (Phi) is 6.92. The number of methoxy groups -OCH3 is 1. The van der Waals surface area contributed by atoms with Gasteiger partial charge in [-0.1, -0.05) is 23.2 Å². The normalized spacial score (nSPS) is 14.8. The zero-order valence-electron chi connectivity index (χ0n) is 16.8. The highest BCUT2D eigenvalue weighted by atomic mass is 35.5. The van der Waals surface area contributed by atoms with E-state index in [4.69, 9.17) is 27.9 Å². The smallest absolute Gasteiger partial charge is 0.436 e. The van der Waals surface area contributed by atoms with E-state index in [2.05, 4.69) is 5.10 Å². The second-order valence-corrected chi connectivity index (χ2v) is 7.83. The van der Waals surface area contributed by atoms with Crippen LogP contribution in [-0.2, 0) is 24.1 Å². The summed E-state index contributed by atoms with van der Waals surface area (Å²) in [5.41, 5.74) is 0.270. The molecular formula is C19H21Cl2F3N4O3. The minimum atomic E-state index is -4.69. The fraction of sp³-hybridized carbons (Fsp3) is 0.474. The fourth-order valence-electron chi connectivity index (χ4n) is 3.45. The number of alkyl halides is 3. The molecule has 1 amide bonds. The molecule has 7 nitrogen and oxygen atoms in total. The number of carbonyl (C=O) groups excluding carboxylic acids is 1. The second kappa shape index (κ2) is 9.13. The lowest BCUT2D eigenvalue weighted by Gasteiger charge is -2.37. The molecule has 0 atom stereocenters. The highest BCUT2D eigenvalue weighted by Gasteiger charge is 2.38. The average molecular weight is 481 g/mol. The van der Waals surface area contributed by atoms with E-state index in [0.29, 0.717) is 42.5 Å². The lowest BCUT2D eigenvalue weighted by Crippen LogP contribution is -2.50. The van der Waals surface area contributed by atoms with E-state index in [1.807, 2.05) is 4.90 Å². The van der Waals surface area contributed by atoms with Crippen molar-refractivity contribution in [2.75, 3.05) is 38.2 Å². The van der Waals surface area contributed by atoms with E-state index in [0.717, 1.165) is 10.4 Å². The fourth-order valence-corrected chi connectivity index (χ4v) is 3.95. The SMILES string of the molecule is COc1cc(N2CCN(C(=O)Cn3nc(C(F)(F)F)c(Cl)c3C)CC2)c(CO)cc1Cl. The van der Waals surface area contributed by atoms with Crippen molar-refractivity contribution in [2.24, 2.45) is 0 Å². The van der Waals surface area contributed by atoms with Crippen molar-refractivity contribution >= 4 is 34.8 Å². The van der Waals surface area contributed by atoms with Crippen molar-refractivity contribution in [2.45, 2.75) is 26.3 Å². The summed E-state index contributed by atoms with van der Waals surface area (Å²) >= 11 is 11.9. The average Bonchev–Trinajstić information content (AvgIpc) is 3.02. The number of anilines is 1. The minimum absolute atomic E-state index is 0.0850. The Morgan fingerprint density at radius 3 is 2.39 bits per heavy atom. The summed E-state index contributed by atoms with van der Waals surface area (Å²) in [6.45, 7) is 2.49. The molecule has 0 spiro atoms. The van der Waals surface area contributed by atoms with Gasteiger partial charge in [-0.05, 0) is 13.0 Å². The zero-order valence-corrected chi connectivity index (χ0v) is 18.4. The second-order valence-electron chi connectivity index (χ2n) is 7.04. The number of benzene rings is 1. The van der Waals surface area contributed by atoms with Crippen LogP contribution < -0.4 is 9.64 Å². The third-order valence-electron chi connectivity index (χ3n) is 5.18. The topological polar surface area (TPSA) is 70.8 Å². The number of hydrogen-bond donors (Lipinski definition) is 1. The molecule has 0 aliphatic carbocycles. The van der Waals surface area contributed by atoms with Crippen molar-refractivity contribution in [1.82, 2.24) is 14.7 Å². The van der Waals surface area contributed by atoms with Gasteiger partial charge in [-0.25, -0.2) is 0 Å². The first kappa shape index (κ1) is 23.5. The third kappa shape index (κ3) is 4.86. The predicted molar refractivity (Wildman–Crippen MR) is 110 cm³/mol. The Hall–Kier alpha value is -2.17. The molecule has 2 aromatic rings. The molecule has 1 aromatic heterocycles. The first-order valence-electron chi connectivity index (χ1n) is 9.37. The van der Waals surface area contributed by atoms with Crippen LogP contribution in [0.5, 0.6) is 5.75 Å². The highest BCUT2D eigenvalue weighted by Crippen LogP contribution is 2.36. The Bertz CT molecular complexity index is 973. The zero-order chi connectivity index (χ0) is 22.9. The van der Waals surface area contributed by atoms with Crippen LogP contribution in [0.4, 0.5) is 18.9 Å². The van der Waals surface area contributed by atoms with Gasteiger partial charge in [0.1, 0.15) is 12.3 Å². The molecule has 3 rings (SSSR count). The van der Waals surface area contributed by atoms with Gasteiger partial charge in [0, 0.05) is 43.5 Å². The van der Waals surface area contributed by atoms with Gasteiger partial charge >= 0.3 is 6.18 Å². The van der Waals surface area contributed by atoms with Crippen LogP contribution in [0.3, 0.4) is 0 Å². The summed E-state index contributed by atoms with van der Waals surface area (Å²) in [5.74, 6) is 0.116. The third-order valence-corrected chi connectivity index (χ3v) is 5.93. The van der Waals surface area contributed by atoms with Crippen molar-refractivity contribution in [3.63, 3.8) is 0 Å². The van der Waals surface area contributed by atoms with Crippen molar-refractivity contribution in [1.29, 1.82) is 0 Å². The van der Waals surface area contributed by atoms with E-state index in [9.17, 15) is 23.1 Å². The summed E-state index contributed by atoms with van der Waals surface area (Å²) < 4.78 is 45.2. The Morgan fingerprint density at radius 2 is 1.87 bits per heavy atom. The summed E-state index contributed by atoms with van der Waals surface area (Å²) in [4.78, 5) is 16.2. The van der Waals surface area contributed by atoms with Crippen LogP contribution in [0, 0.1) is 6.92 Å². The number of nitrogens with zero attached hydrogens (tertiary/aromatic N) is 4. The molecule has 1 saturated heterocycles. The maximum absolute atomic E-state index is 13.0. The number of rotatable bonds is 5. The van der Waals surface area contributed by atoms with Crippen molar-refractivity contribution < 1.29 is 27.8 Å². The first-order chi connectivity index (χ1) is 14.6. The Balaban J connectivity index is 1.69. The van der Waals surface area contributed by atoms with Crippen LogP contribution in [0.15, 0.2) is 12.1 Å². The molecule has 0 unspecified atom stereocenters. The summed E-state index contributed by atoms with van der Waals surface area (Å²) in [6, 6.07) is 3.37. The standard InChI is InChI=1S/C19H21Cl2F3N4O3/c1-11-17(21)18(19(22,23)24)25-28(11)9-16(30)27-5-3-26(4-6-27)14-8-15(31-2)13(20)7-12(14)10-29/h7-8,29H,3-6,9-10H2,1-2H3. The molecule has 31 heavy (non-hydrogen) atoms. The molecule has 0 saturated carbocycles. The van der Waals surface area contributed by atoms with Gasteiger partial charge in [0.05, 0.1) is 29.5 Å². The molecule has 0 bridgehead atoms. The quantitative estimate of drug-likeness (QED) is 0.710. The number of aromatic nitrogens is 2. The molecule has 1 aliphatic rings. The van der Waals surface area contributed by atoms with Crippen LogP contribution in [-0.4, -0.2) is 59.0 Å². The van der Waals surface area contributed by atoms with Crippen LogP contribution in [0.1, 0.15) is 17.0 Å². The van der Waals surface area contributed by atoms with Gasteiger partial charge in [-0.2, -0.15) is 18.3 Å². The molecule has 1 aromatic carbocycles. The molecule has 12 heteroatoms. The summed E-state index contributed by atoms with van der Waals surface area (Å²) in [5, 5.41) is 13.0. The largest absolute Gasteiger partial charge is 0.495 e. The number of piperazine rings is 1. The van der Waals surface area contributed by atoms with E-state index < -0.39 is 16.9 Å². The monoisotopic (exact) mass is 480 g/mol. The van der Waals surface area contributed by atoms with Crippen molar-refractivity contribution in [3.8, 4) is 5.75 Å². The number of halogens is 5. The highest BCUT2D eigenvalue weighted by molar-refractivity contribution is 6.32. The molecule has 1 aliphatic heterocycles. The van der Waals surface area contributed by atoms with Crippen molar-refractivity contribution in [3.05, 3.63) is 39.1 Å². The lowest BCUT2D eigenvalue weighted by molar-refractivity contribution is -0.142. The maximum Gasteiger partial charge on any atom is 0.436 e. The predicted octanol–water partition coefficient (Wildman–Crippen LogP) is 3.37. The van der Waals surface area contributed by atoms with Crippen LogP contribution in [0.2, 0.25) is 10.0 Å². The number of amides is 1. The molecular weight excluding hydrogens is 460 g/mol. The van der Waals surface area contributed by atoms with Crippen LogP contribution in [0.25, 0.3) is 0 Å². The number of aliphatic hydroxyl groups is 1. The van der Waals surface area contributed by atoms with Gasteiger partial charge in [0.25, 0.3) is 0 Å². The number of hydrogen-bond acceptors (Lipinski definition) is 5. The van der Waals surface area contributed by atoms with Gasteiger partial charge in [-0.15, -0.1) is 0 Å². The lowest BCUT2D eigenvalue weighted by atomic mass is 10.1. The van der Waals surface area contributed by atoms with E-state index >= 15 is 0 Å². The van der Waals surface area contributed by atoms with E-state index in [1.54, 1.807) is 17.0 Å². The molecule has 2 heterocycles. The van der Waals surface area contributed by atoms with Gasteiger partial charge < -0.3 is 19.6 Å². The minimum Gasteiger partial charge on any atom is -0.495 e. The molecule has 1 N–H and O–H groups in total. The number of carbonyl (C=O) groups is 1. The maximum atomic E-state index is 13.0. The molecule has 170 valence electrons. The van der Waals surface area contributed by atoms with Gasteiger partial charge in [-0.3, -0.25) is 9.48 Å². The Labute approximate surface area is 186 Å². The molecule has 1 fully saturated rings. The number of ether oxygens (including phenoxy) is 1. The first-order valence-corrected chi connectivity index (χ1v) is 10.1. The molecule has 0 radical (unpaired) electrons. The van der Waals surface area contributed by atoms with E-state index in [1.165, 1.54) is 14.0 Å². The van der Waals surface area contributed by atoms with Gasteiger partial charge in [0.15, 0.2) is 5.69 Å².